The third kappa shape index (κ3) is 4.33. The van der Waals surface area contributed by atoms with Crippen molar-refractivity contribution in [2.45, 2.75) is 19.0 Å². The summed E-state index contributed by atoms with van der Waals surface area (Å²) in [6.45, 7) is 0.487. The third-order valence-corrected chi connectivity index (χ3v) is 4.48. The summed E-state index contributed by atoms with van der Waals surface area (Å²) in [7, 11) is 1.44. The quantitative estimate of drug-likeness (QED) is 0.859. The molecule has 3 rings (SSSR count). The van der Waals surface area contributed by atoms with Crippen LogP contribution in [-0.4, -0.2) is 32.1 Å². The predicted octanol–water partition coefficient (Wildman–Crippen LogP) is 3.88. The number of hydrogen-bond donors (Lipinski definition) is 1. The molecule has 5 nitrogen and oxygen atoms in total. The van der Waals surface area contributed by atoms with Crippen molar-refractivity contribution in [2.75, 3.05) is 30.5 Å². The van der Waals surface area contributed by atoms with Crippen molar-refractivity contribution < 1.29 is 27.5 Å². The Labute approximate surface area is 160 Å². The zero-order chi connectivity index (χ0) is 20.3. The van der Waals surface area contributed by atoms with Gasteiger partial charge in [-0.1, -0.05) is 12.1 Å². The van der Waals surface area contributed by atoms with Gasteiger partial charge in [0.25, 0.3) is 11.8 Å². The molecule has 0 unspecified atom stereocenters. The van der Waals surface area contributed by atoms with Crippen LogP contribution >= 0.6 is 0 Å². The SMILES string of the molecule is COCC(=O)N1CCCc2ccc(NC(=O)c3cccc(C(F)(F)F)c3)cc21. The van der Waals surface area contributed by atoms with E-state index in [4.69, 9.17) is 4.74 Å². The first-order valence-electron chi connectivity index (χ1n) is 8.70. The molecule has 148 valence electrons. The maximum absolute atomic E-state index is 12.8. The zero-order valence-electron chi connectivity index (χ0n) is 15.2. The van der Waals surface area contributed by atoms with Crippen molar-refractivity contribution in [3.05, 3.63) is 59.2 Å². The summed E-state index contributed by atoms with van der Waals surface area (Å²) in [6, 6.07) is 9.37. The van der Waals surface area contributed by atoms with Crippen LogP contribution in [-0.2, 0) is 22.1 Å². The minimum absolute atomic E-state index is 0.0553. The number of nitrogens with zero attached hydrogens (tertiary/aromatic N) is 1. The van der Waals surface area contributed by atoms with Gasteiger partial charge in [-0.15, -0.1) is 0 Å². The van der Waals surface area contributed by atoms with Crippen LogP contribution in [0, 0.1) is 0 Å². The number of hydrogen-bond acceptors (Lipinski definition) is 3. The summed E-state index contributed by atoms with van der Waals surface area (Å²) in [5.74, 6) is -0.846. The van der Waals surface area contributed by atoms with E-state index < -0.39 is 17.6 Å². The maximum Gasteiger partial charge on any atom is 0.416 e. The number of carbonyl (C=O) groups excluding carboxylic acids is 2. The van der Waals surface area contributed by atoms with Gasteiger partial charge < -0.3 is 15.0 Å². The second-order valence-electron chi connectivity index (χ2n) is 6.46. The molecule has 0 aromatic heterocycles. The van der Waals surface area contributed by atoms with Crippen molar-refractivity contribution in [2.24, 2.45) is 0 Å². The topological polar surface area (TPSA) is 58.6 Å². The van der Waals surface area contributed by atoms with Crippen molar-refractivity contribution in [3.63, 3.8) is 0 Å². The molecule has 8 heteroatoms. The van der Waals surface area contributed by atoms with Crippen LogP contribution in [0.2, 0.25) is 0 Å². The molecule has 1 aliphatic heterocycles. The van der Waals surface area contributed by atoms with Crippen LogP contribution in [0.25, 0.3) is 0 Å². The average molecular weight is 392 g/mol. The number of aryl methyl sites for hydroxylation is 1. The first-order chi connectivity index (χ1) is 13.3. The Balaban J connectivity index is 1.83. The normalized spacial score (nSPS) is 13.8. The molecule has 28 heavy (non-hydrogen) atoms. The summed E-state index contributed by atoms with van der Waals surface area (Å²) >= 11 is 0. The number of anilines is 2. The van der Waals surface area contributed by atoms with E-state index in [2.05, 4.69) is 5.32 Å². The van der Waals surface area contributed by atoms with Gasteiger partial charge in [-0.25, -0.2) is 0 Å². The molecule has 2 amide bonds. The van der Waals surface area contributed by atoms with Crippen LogP contribution < -0.4 is 10.2 Å². The highest BCUT2D eigenvalue weighted by Crippen LogP contribution is 2.31. The number of ether oxygens (including phenoxy) is 1. The number of rotatable bonds is 4. The lowest BCUT2D eigenvalue weighted by Gasteiger charge is -2.30. The van der Waals surface area contributed by atoms with Gasteiger partial charge in [0.05, 0.1) is 5.56 Å². The molecule has 0 saturated heterocycles. The van der Waals surface area contributed by atoms with Crippen LogP contribution in [0.15, 0.2) is 42.5 Å². The number of amides is 2. The molecule has 0 aliphatic carbocycles. The Hall–Kier alpha value is -2.87. The Kier molecular flexibility index (Phi) is 5.69. The number of alkyl halides is 3. The molecule has 0 spiro atoms. The largest absolute Gasteiger partial charge is 0.416 e. The lowest BCUT2D eigenvalue weighted by Crippen LogP contribution is -2.37. The predicted molar refractivity (Wildman–Crippen MR) is 98.4 cm³/mol. The van der Waals surface area contributed by atoms with Crippen molar-refractivity contribution in [1.82, 2.24) is 0 Å². The molecular weight excluding hydrogens is 373 g/mol. The lowest BCUT2D eigenvalue weighted by atomic mass is 10.0. The fraction of sp³-hybridized carbons (Fsp3) is 0.300. The highest BCUT2D eigenvalue weighted by molar-refractivity contribution is 6.05. The van der Waals surface area contributed by atoms with E-state index in [1.165, 1.54) is 19.2 Å². The van der Waals surface area contributed by atoms with Gasteiger partial charge in [0.1, 0.15) is 6.61 Å². The highest BCUT2D eigenvalue weighted by atomic mass is 19.4. The fourth-order valence-electron chi connectivity index (χ4n) is 3.15. The molecule has 0 radical (unpaired) electrons. The number of benzene rings is 2. The number of fused-ring (bicyclic) bond motifs is 1. The Morgan fingerprint density at radius 2 is 1.96 bits per heavy atom. The Morgan fingerprint density at radius 3 is 2.68 bits per heavy atom. The van der Waals surface area contributed by atoms with Crippen molar-refractivity contribution in [1.29, 1.82) is 0 Å². The third-order valence-electron chi connectivity index (χ3n) is 4.48. The van der Waals surface area contributed by atoms with Crippen LogP contribution in [0.4, 0.5) is 24.5 Å². The first kappa shape index (κ1) is 19.9. The molecular formula is C20H19F3N2O3. The number of methoxy groups -OCH3 is 1. The number of carbonyl (C=O) groups is 2. The molecule has 1 heterocycles. The maximum atomic E-state index is 12.8. The average Bonchev–Trinajstić information content (AvgIpc) is 2.67. The van der Waals surface area contributed by atoms with Gasteiger partial charge >= 0.3 is 6.18 Å². The van der Waals surface area contributed by atoms with Crippen LogP contribution in [0.5, 0.6) is 0 Å². The fourth-order valence-corrected chi connectivity index (χ4v) is 3.15. The monoisotopic (exact) mass is 392 g/mol. The van der Waals surface area contributed by atoms with Gasteiger partial charge in [0.15, 0.2) is 0 Å². The number of halogens is 3. The first-order valence-corrected chi connectivity index (χ1v) is 8.70. The summed E-state index contributed by atoms with van der Waals surface area (Å²) in [5, 5.41) is 2.60. The molecule has 0 fully saturated rings. The van der Waals surface area contributed by atoms with E-state index in [0.717, 1.165) is 30.5 Å². The van der Waals surface area contributed by atoms with Crippen molar-refractivity contribution >= 4 is 23.2 Å². The second kappa shape index (κ2) is 8.02. The molecule has 2 aromatic rings. The minimum atomic E-state index is -4.52. The molecule has 0 saturated carbocycles. The van der Waals surface area contributed by atoms with E-state index in [1.54, 1.807) is 17.0 Å². The van der Waals surface area contributed by atoms with Gasteiger partial charge in [-0.2, -0.15) is 13.2 Å². The molecule has 0 bridgehead atoms. The molecule has 0 atom stereocenters. The van der Waals surface area contributed by atoms with Gasteiger partial charge in [-0.3, -0.25) is 9.59 Å². The summed E-state index contributed by atoms with van der Waals surface area (Å²) in [6.07, 6.45) is -2.91. The zero-order valence-corrected chi connectivity index (χ0v) is 15.2. The summed E-state index contributed by atoms with van der Waals surface area (Å²) in [5.41, 5.74) is 1.06. The summed E-state index contributed by atoms with van der Waals surface area (Å²) in [4.78, 5) is 26.3. The molecule has 1 aliphatic rings. The van der Waals surface area contributed by atoms with Crippen molar-refractivity contribution in [3.8, 4) is 0 Å². The molecule has 1 N–H and O–H groups in total. The smallest absolute Gasteiger partial charge is 0.375 e. The van der Waals surface area contributed by atoms with Gasteiger partial charge in [0.2, 0.25) is 0 Å². The van der Waals surface area contributed by atoms with Gasteiger partial charge in [0, 0.05) is 30.6 Å². The Bertz CT molecular complexity index is 897. The van der Waals surface area contributed by atoms with Crippen LogP contribution in [0.1, 0.15) is 27.9 Å². The Morgan fingerprint density at radius 1 is 1.18 bits per heavy atom. The minimum Gasteiger partial charge on any atom is -0.375 e. The van der Waals surface area contributed by atoms with E-state index in [1.807, 2.05) is 6.07 Å². The van der Waals surface area contributed by atoms with E-state index >= 15 is 0 Å². The second-order valence-corrected chi connectivity index (χ2v) is 6.46. The summed E-state index contributed by atoms with van der Waals surface area (Å²) < 4.78 is 43.5. The van der Waals surface area contributed by atoms with E-state index in [-0.39, 0.29) is 18.1 Å². The highest BCUT2D eigenvalue weighted by Gasteiger charge is 2.31. The van der Waals surface area contributed by atoms with Gasteiger partial charge in [-0.05, 0) is 48.7 Å². The van der Waals surface area contributed by atoms with Crippen LogP contribution in [0.3, 0.4) is 0 Å². The standard InChI is InChI=1S/C20H19F3N2O3/c1-28-12-18(26)25-9-3-5-13-7-8-16(11-17(13)25)24-19(27)14-4-2-6-15(10-14)20(21,22)23/h2,4,6-8,10-11H,3,5,9,12H2,1H3,(H,24,27). The van der Waals surface area contributed by atoms with E-state index in [9.17, 15) is 22.8 Å². The number of nitrogens with one attached hydrogen (secondary N) is 1. The molecule has 2 aromatic carbocycles. The van der Waals surface area contributed by atoms with E-state index in [0.29, 0.717) is 17.9 Å². The lowest BCUT2D eigenvalue weighted by molar-refractivity contribution is -0.137.